The summed E-state index contributed by atoms with van der Waals surface area (Å²) in [7, 11) is 1.98. The van der Waals surface area contributed by atoms with Crippen LogP contribution in [0, 0.1) is 5.92 Å². The Morgan fingerprint density at radius 2 is 2.50 bits per heavy atom. The van der Waals surface area contributed by atoms with E-state index in [1.807, 2.05) is 17.9 Å². The highest BCUT2D eigenvalue weighted by molar-refractivity contribution is 5.01. The van der Waals surface area contributed by atoms with Gasteiger partial charge >= 0.3 is 0 Å². The van der Waals surface area contributed by atoms with Crippen molar-refractivity contribution >= 4 is 0 Å². The lowest BCUT2D eigenvalue weighted by molar-refractivity contribution is 0.605. The minimum Gasteiger partial charge on any atom is -0.308 e. The first kappa shape index (κ1) is 7.80. The smallest absolute Gasteiger partial charge is 0.0518 e. The van der Waals surface area contributed by atoms with Crippen LogP contribution in [0.5, 0.6) is 0 Å². The average molecular weight is 165 g/mol. The molecule has 1 heterocycles. The van der Waals surface area contributed by atoms with Crippen molar-refractivity contribution in [2.24, 2.45) is 13.0 Å². The van der Waals surface area contributed by atoms with Gasteiger partial charge in [-0.2, -0.15) is 5.10 Å². The van der Waals surface area contributed by atoms with Crippen LogP contribution in [0.1, 0.15) is 19.0 Å². The largest absolute Gasteiger partial charge is 0.308 e. The summed E-state index contributed by atoms with van der Waals surface area (Å²) < 4.78 is 1.92. The molecule has 0 radical (unpaired) electrons. The van der Waals surface area contributed by atoms with E-state index in [9.17, 15) is 0 Å². The number of nitrogens with one attached hydrogen (secondary N) is 1. The molecular weight excluding hydrogens is 150 g/mol. The maximum absolute atomic E-state index is 4.11. The Balaban J connectivity index is 1.84. The molecular formula is C9H15N3. The molecule has 3 heteroatoms. The summed E-state index contributed by atoms with van der Waals surface area (Å²) in [4.78, 5) is 0. The molecule has 2 atom stereocenters. The number of aryl methyl sites for hydroxylation is 1. The quantitative estimate of drug-likeness (QED) is 0.721. The summed E-state index contributed by atoms with van der Waals surface area (Å²) in [6, 6.07) is 2.81. The van der Waals surface area contributed by atoms with Crippen molar-refractivity contribution in [3.8, 4) is 0 Å². The van der Waals surface area contributed by atoms with Crippen molar-refractivity contribution in [3.05, 3.63) is 18.0 Å². The first-order valence-corrected chi connectivity index (χ1v) is 4.47. The SMILES string of the molecule is CC1CC1NCc1ccnn1C. The molecule has 0 spiro atoms. The number of hydrogen-bond donors (Lipinski definition) is 1. The van der Waals surface area contributed by atoms with Gasteiger partial charge in [-0.1, -0.05) is 6.92 Å². The third-order valence-corrected chi connectivity index (χ3v) is 2.58. The first-order chi connectivity index (χ1) is 5.77. The molecule has 1 N–H and O–H groups in total. The second kappa shape index (κ2) is 2.90. The van der Waals surface area contributed by atoms with Gasteiger partial charge in [0.05, 0.1) is 5.69 Å². The van der Waals surface area contributed by atoms with E-state index in [0.29, 0.717) is 0 Å². The zero-order valence-corrected chi connectivity index (χ0v) is 7.62. The van der Waals surface area contributed by atoms with E-state index in [-0.39, 0.29) is 0 Å². The van der Waals surface area contributed by atoms with Crippen LogP contribution < -0.4 is 5.32 Å². The molecule has 1 saturated carbocycles. The second-order valence-electron chi connectivity index (χ2n) is 3.65. The molecule has 0 saturated heterocycles. The summed E-state index contributed by atoms with van der Waals surface area (Å²) in [5, 5.41) is 7.60. The molecule has 2 unspecified atom stereocenters. The summed E-state index contributed by atoms with van der Waals surface area (Å²) in [6.45, 7) is 3.23. The van der Waals surface area contributed by atoms with Crippen molar-refractivity contribution in [1.29, 1.82) is 0 Å². The van der Waals surface area contributed by atoms with Crippen molar-refractivity contribution in [1.82, 2.24) is 15.1 Å². The molecule has 0 aromatic carbocycles. The molecule has 1 aliphatic rings. The molecule has 1 fully saturated rings. The van der Waals surface area contributed by atoms with Crippen LogP contribution >= 0.6 is 0 Å². The van der Waals surface area contributed by atoms with Crippen LogP contribution in [0.3, 0.4) is 0 Å². The van der Waals surface area contributed by atoms with Crippen LogP contribution in [0.4, 0.5) is 0 Å². The Labute approximate surface area is 72.8 Å². The van der Waals surface area contributed by atoms with Gasteiger partial charge in [0, 0.05) is 25.8 Å². The first-order valence-electron chi connectivity index (χ1n) is 4.47. The minimum absolute atomic E-state index is 0.750. The maximum Gasteiger partial charge on any atom is 0.0518 e. The van der Waals surface area contributed by atoms with Crippen molar-refractivity contribution in [2.45, 2.75) is 25.9 Å². The Bertz CT molecular complexity index is 266. The highest BCUT2D eigenvalue weighted by atomic mass is 15.3. The number of aromatic nitrogens is 2. The van der Waals surface area contributed by atoms with Gasteiger partial charge in [-0.25, -0.2) is 0 Å². The summed E-state index contributed by atoms with van der Waals surface area (Å²) in [5.41, 5.74) is 1.26. The van der Waals surface area contributed by atoms with Crippen LogP contribution in [0.25, 0.3) is 0 Å². The fraction of sp³-hybridized carbons (Fsp3) is 0.667. The van der Waals surface area contributed by atoms with E-state index in [1.165, 1.54) is 12.1 Å². The van der Waals surface area contributed by atoms with Crippen LogP contribution in [-0.4, -0.2) is 15.8 Å². The van der Waals surface area contributed by atoms with Crippen LogP contribution in [-0.2, 0) is 13.6 Å². The third kappa shape index (κ3) is 1.50. The zero-order valence-electron chi connectivity index (χ0n) is 7.62. The summed E-state index contributed by atoms with van der Waals surface area (Å²) >= 11 is 0. The van der Waals surface area contributed by atoms with Gasteiger partial charge in [0.1, 0.15) is 0 Å². The number of nitrogens with zero attached hydrogens (tertiary/aromatic N) is 2. The van der Waals surface area contributed by atoms with E-state index in [0.717, 1.165) is 18.5 Å². The van der Waals surface area contributed by atoms with Gasteiger partial charge in [-0.15, -0.1) is 0 Å². The monoisotopic (exact) mass is 165 g/mol. The Hall–Kier alpha value is -0.830. The molecule has 1 aromatic rings. The van der Waals surface area contributed by atoms with Gasteiger partial charge in [0.15, 0.2) is 0 Å². The zero-order chi connectivity index (χ0) is 8.55. The Morgan fingerprint density at radius 3 is 3.00 bits per heavy atom. The Morgan fingerprint density at radius 1 is 1.75 bits per heavy atom. The van der Waals surface area contributed by atoms with E-state index in [2.05, 4.69) is 23.4 Å². The van der Waals surface area contributed by atoms with E-state index < -0.39 is 0 Å². The molecule has 2 rings (SSSR count). The van der Waals surface area contributed by atoms with E-state index in [1.54, 1.807) is 0 Å². The fourth-order valence-electron chi connectivity index (χ4n) is 1.42. The van der Waals surface area contributed by atoms with Gasteiger partial charge in [0.25, 0.3) is 0 Å². The molecule has 1 aliphatic carbocycles. The highest BCUT2D eigenvalue weighted by Gasteiger charge is 2.31. The third-order valence-electron chi connectivity index (χ3n) is 2.58. The standard InChI is InChI=1S/C9H15N3/c1-7-5-9(7)10-6-8-3-4-11-12(8)2/h3-4,7,9-10H,5-6H2,1-2H3. The van der Waals surface area contributed by atoms with E-state index >= 15 is 0 Å². The lowest BCUT2D eigenvalue weighted by Crippen LogP contribution is -2.18. The summed E-state index contributed by atoms with van der Waals surface area (Å²) in [6.07, 6.45) is 3.17. The predicted molar refractivity (Wildman–Crippen MR) is 47.6 cm³/mol. The van der Waals surface area contributed by atoms with Crippen LogP contribution in [0.2, 0.25) is 0 Å². The molecule has 0 bridgehead atoms. The fourth-order valence-corrected chi connectivity index (χ4v) is 1.42. The van der Waals surface area contributed by atoms with Gasteiger partial charge < -0.3 is 5.32 Å². The molecule has 0 aliphatic heterocycles. The lowest BCUT2D eigenvalue weighted by Gasteiger charge is -2.02. The lowest BCUT2D eigenvalue weighted by atomic mass is 10.4. The maximum atomic E-state index is 4.11. The second-order valence-corrected chi connectivity index (χ2v) is 3.65. The average Bonchev–Trinajstić information content (AvgIpc) is 2.57. The predicted octanol–water partition coefficient (Wildman–Crippen LogP) is 0.918. The van der Waals surface area contributed by atoms with Crippen molar-refractivity contribution in [3.63, 3.8) is 0 Å². The Kier molecular flexibility index (Phi) is 1.89. The molecule has 3 nitrogen and oxygen atoms in total. The van der Waals surface area contributed by atoms with Gasteiger partial charge in [-0.3, -0.25) is 4.68 Å². The van der Waals surface area contributed by atoms with Gasteiger partial charge in [-0.05, 0) is 18.4 Å². The molecule has 1 aromatic heterocycles. The van der Waals surface area contributed by atoms with Crippen molar-refractivity contribution < 1.29 is 0 Å². The summed E-state index contributed by atoms with van der Waals surface area (Å²) in [5.74, 6) is 0.873. The van der Waals surface area contributed by atoms with Gasteiger partial charge in [0.2, 0.25) is 0 Å². The molecule has 12 heavy (non-hydrogen) atoms. The van der Waals surface area contributed by atoms with E-state index in [4.69, 9.17) is 0 Å². The normalized spacial score (nSPS) is 27.5. The topological polar surface area (TPSA) is 29.9 Å². The molecule has 66 valence electrons. The minimum atomic E-state index is 0.750. The molecule has 0 amide bonds. The number of hydrogen-bond acceptors (Lipinski definition) is 2. The van der Waals surface area contributed by atoms with Crippen molar-refractivity contribution in [2.75, 3.05) is 0 Å². The number of rotatable bonds is 3. The highest BCUT2D eigenvalue weighted by Crippen LogP contribution is 2.29. The van der Waals surface area contributed by atoms with Crippen LogP contribution in [0.15, 0.2) is 12.3 Å².